The third kappa shape index (κ3) is 1.91. The van der Waals surface area contributed by atoms with Crippen molar-refractivity contribution in [3.63, 3.8) is 0 Å². The molecule has 0 amide bonds. The van der Waals surface area contributed by atoms with Gasteiger partial charge in [-0.05, 0) is 37.1 Å². The maximum Gasteiger partial charge on any atom is 0.128 e. The fourth-order valence-corrected chi connectivity index (χ4v) is 2.17. The van der Waals surface area contributed by atoms with Gasteiger partial charge in [-0.15, -0.1) is 0 Å². The molecule has 0 aliphatic rings. The molecule has 0 spiro atoms. The van der Waals surface area contributed by atoms with Gasteiger partial charge in [-0.25, -0.2) is 0 Å². The fraction of sp³-hybridized carbons (Fsp3) is 0.308. The average Bonchev–Trinajstić information content (AvgIpc) is 2.72. The monoisotopic (exact) mass is 250 g/mol. The minimum Gasteiger partial charge on any atom is -0.496 e. The van der Waals surface area contributed by atoms with E-state index in [2.05, 4.69) is 5.10 Å². The number of methoxy groups -OCH3 is 1. The van der Waals surface area contributed by atoms with Gasteiger partial charge in [0.2, 0.25) is 0 Å². The first kappa shape index (κ1) is 12.0. The van der Waals surface area contributed by atoms with Crippen molar-refractivity contribution in [2.24, 2.45) is 7.05 Å². The van der Waals surface area contributed by atoms with Gasteiger partial charge < -0.3 is 4.74 Å². The molecule has 0 fully saturated rings. The molecule has 0 unspecified atom stereocenters. The van der Waals surface area contributed by atoms with Gasteiger partial charge in [0.15, 0.2) is 0 Å². The lowest BCUT2D eigenvalue weighted by atomic mass is 10.0. The van der Waals surface area contributed by atoms with Crippen LogP contribution in [0.5, 0.6) is 5.75 Å². The molecule has 0 N–H and O–H groups in total. The first-order valence-corrected chi connectivity index (χ1v) is 5.76. The van der Waals surface area contributed by atoms with Gasteiger partial charge in [0.1, 0.15) is 5.75 Å². The SMILES string of the molecule is COc1cc(C)c(Cl)c(C)c1-c1ccnn1C. The van der Waals surface area contributed by atoms with Gasteiger partial charge in [0.25, 0.3) is 0 Å². The third-order valence-electron chi connectivity index (χ3n) is 2.94. The fourth-order valence-electron chi connectivity index (χ4n) is 2.02. The van der Waals surface area contributed by atoms with Crippen LogP contribution in [0, 0.1) is 13.8 Å². The molecule has 90 valence electrons. The van der Waals surface area contributed by atoms with Crippen LogP contribution in [-0.2, 0) is 7.05 Å². The van der Waals surface area contributed by atoms with E-state index in [1.54, 1.807) is 13.3 Å². The summed E-state index contributed by atoms with van der Waals surface area (Å²) in [6, 6.07) is 3.91. The summed E-state index contributed by atoms with van der Waals surface area (Å²) >= 11 is 6.30. The second-order valence-corrected chi connectivity index (χ2v) is 4.43. The number of aromatic nitrogens is 2. The molecule has 0 aliphatic carbocycles. The van der Waals surface area contributed by atoms with Gasteiger partial charge in [0, 0.05) is 23.8 Å². The molecular formula is C13H15ClN2O. The number of halogens is 1. The lowest BCUT2D eigenvalue weighted by Crippen LogP contribution is -1.99. The molecule has 17 heavy (non-hydrogen) atoms. The highest BCUT2D eigenvalue weighted by atomic mass is 35.5. The molecule has 1 aromatic carbocycles. The molecule has 0 saturated heterocycles. The average molecular weight is 251 g/mol. The van der Waals surface area contributed by atoms with Gasteiger partial charge in [-0.1, -0.05) is 11.6 Å². The van der Waals surface area contributed by atoms with Crippen molar-refractivity contribution >= 4 is 11.6 Å². The van der Waals surface area contributed by atoms with Crippen LogP contribution >= 0.6 is 11.6 Å². The van der Waals surface area contributed by atoms with Crippen LogP contribution in [-0.4, -0.2) is 16.9 Å². The van der Waals surface area contributed by atoms with Crippen molar-refractivity contribution in [1.82, 2.24) is 9.78 Å². The van der Waals surface area contributed by atoms with Crippen molar-refractivity contribution in [1.29, 1.82) is 0 Å². The lowest BCUT2D eigenvalue weighted by molar-refractivity contribution is 0.415. The zero-order valence-corrected chi connectivity index (χ0v) is 11.2. The van der Waals surface area contributed by atoms with Gasteiger partial charge in [0.05, 0.1) is 12.8 Å². The topological polar surface area (TPSA) is 27.1 Å². The van der Waals surface area contributed by atoms with E-state index in [-0.39, 0.29) is 0 Å². The molecule has 0 bridgehead atoms. The van der Waals surface area contributed by atoms with Crippen LogP contribution in [0.25, 0.3) is 11.3 Å². The van der Waals surface area contributed by atoms with Crippen LogP contribution in [0.3, 0.4) is 0 Å². The highest BCUT2D eigenvalue weighted by Crippen LogP contribution is 2.38. The predicted molar refractivity (Wildman–Crippen MR) is 69.7 cm³/mol. The molecule has 2 aromatic rings. The molecule has 2 rings (SSSR count). The van der Waals surface area contributed by atoms with Crippen LogP contribution < -0.4 is 4.74 Å². The number of aryl methyl sites for hydroxylation is 2. The maximum absolute atomic E-state index is 6.30. The number of hydrogen-bond donors (Lipinski definition) is 0. The summed E-state index contributed by atoms with van der Waals surface area (Å²) in [6.07, 6.45) is 1.77. The Morgan fingerprint density at radius 3 is 2.59 bits per heavy atom. The molecule has 1 aromatic heterocycles. The summed E-state index contributed by atoms with van der Waals surface area (Å²) < 4.78 is 7.26. The van der Waals surface area contributed by atoms with Crippen molar-refractivity contribution in [3.05, 3.63) is 34.5 Å². The van der Waals surface area contributed by atoms with E-state index in [0.717, 1.165) is 33.2 Å². The minimum absolute atomic E-state index is 0.780. The number of rotatable bonds is 2. The van der Waals surface area contributed by atoms with Gasteiger partial charge >= 0.3 is 0 Å². The molecule has 0 atom stereocenters. The summed E-state index contributed by atoms with van der Waals surface area (Å²) in [5, 5.41) is 4.96. The number of nitrogens with zero attached hydrogens (tertiary/aromatic N) is 2. The van der Waals surface area contributed by atoms with E-state index in [0.29, 0.717) is 0 Å². The van der Waals surface area contributed by atoms with Crippen LogP contribution in [0.2, 0.25) is 5.02 Å². The Kier molecular flexibility index (Phi) is 3.11. The second-order valence-electron chi connectivity index (χ2n) is 4.05. The highest BCUT2D eigenvalue weighted by molar-refractivity contribution is 6.32. The second kappa shape index (κ2) is 4.41. The highest BCUT2D eigenvalue weighted by Gasteiger charge is 2.16. The van der Waals surface area contributed by atoms with Crippen LogP contribution in [0.4, 0.5) is 0 Å². The van der Waals surface area contributed by atoms with E-state index < -0.39 is 0 Å². The summed E-state index contributed by atoms with van der Waals surface area (Å²) in [5.74, 6) is 0.827. The molecule has 4 heteroatoms. The zero-order valence-electron chi connectivity index (χ0n) is 10.4. The van der Waals surface area contributed by atoms with Crippen molar-refractivity contribution in [3.8, 4) is 17.0 Å². The third-order valence-corrected chi connectivity index (χ3v) is 3.52. The molecule has 0 radical (unpaired) electrons. The first-order chi connectivity index (χ1) is 8.06. The molecule has 1 heterocycles. The van der Waals surface area contributed by atoms with Gasteiger partial charge in [-0.3, -0.25) is 4.68 Å². The molecular weight excluding hydrogens is 236 g/mol. The Hall–Kier alpha value is -1.48. The summed E-state index contributed by atoms with van der Waals surface area (Å²) in [7, 11) is 3.57. The molecule has 0 saturated carbocycles. The zero-order chi connectivity index (χ0) is 12.6. The summed E-state index contributed by atoms with van der Waals surface area (Å²) in [6.45, 7) is 3.98. The Morgan fingerprint density at radius 1 is 1.35 bits per heavy atom. The number of benzene rings is 1. The standard InChI is InChI=1S/C13H15ClN2O/c1-8-7-11(17-4)12(9(2)13(8)14)10-5-6-15-16(10)3/h5-7H,1-4H3. The maximum atomic E-state index is 6.30. The Bertz CT molecular complexity index is 561. The predicted octanol–water partition coefficient (Wildman–Crippen LogP) is 3.37. The van der Waals surface area contributed by atoms with Gasteiger partial charge in [-0.2, -0.15) is 5.10 Å². The van der Waals surface area contributed by atoms with E-state index in [4.69, 9.17) is 16.3 Å². The number of ether oxygens (including phenoxy) is 1. The summed E-state index contributed by atoms with van der Waals surface area (Å²) in [5.41, 5.74) is 4.04. The van der Waals surface area contributed by atoms with Crippen molar-refractivity contribution in [2.75, 3.05) is 7.11 Å². The lowest BCUT2D eigenvalue weighted by Gasteiger charge is -2.15. The van der Waals surface area contributed by atoms with Crippen molar-refractivity contribution < 1.29 is 4.74 Å². The number of hydrogen-bond acceptors (Lipinski definition) is 2. The molecule has 3 nitrogen and oxygen atoms in total. The Balaban J connectivity index is 2.76. The van der Waals surface area contributed by atoms with Crippen LogP contribution in [0.1, 0.15) is 11.1 Å². The largest absolute Gasteiger partial charge is 0.496 e. The van der Waals surface area contributed by atoms with Crippen LogP contribution in [0.15, 0.2) is 18.3 Å². The minimum atomic E-state index is 0.780. The van der Waals surface area contributed by atoms with E-state index >= 15 is 0 Å². The Morgan fingerprint density at radius 2 is 2.06 bits per heavy atom. The first-order valence-electron chi connectivity index (χ1n) is 5.38. The van der Waals surface area contributed by atoms with E-state index in [1.165, 1.54) is 0 Å². The smallest absolute Gasteiger partial charge is 0.128 e. The quantitative estimate of drug-likeness (QED) is 0.817. The Labute approximate surface area is 106 Å². The molecule has 0 aliphatic heterocycles. The van der Waals surface area contributed by atoms with Crippen molar-refractivity contribution in [2.45, 2.75) is 13.8 Å². The van der Waals surface area contributed by atoms with E-state index in [1.807, 2.05) is 37.7 Å². The normalized spacial score (nSPS) is 10.6. The van der Waals surface area contributed by atoms with E-state index in [9.17, 15) is 0 Å². The summed E-state index contributed by atoms with van der Waals surface area (Å²) in [4.78, 5) is 0.